The van der Waals surface area contributed by atoms with Crippen molar-refractivity contribution < 1.29 is 18.1 Å². The molecular formula is C14H19N3O5S. The van der Waals surface area contributed by atoms with E-state index in [4.69, 9.17) is 0 Å². The maximum atomic E-state index is 12.5. The summed E-state index contributed by atoms with van der Waals surface area (Å²) in [5.74, 6) is -0.106. The molecule has 0 bridgehead atoms. The first-order chi connectivity index (χ1) is 10.7. The fourth-order valence-corrected chi connectivity index (χ4v) is 3.83. The number of rotatable bonds is 4. The fourth-order valence-electron chi connectivity index (χ4n) is 2.40. The van der Waals surface area contributed by atoms with Gasteiger partial charge in [0.2, 0.25) is 15.9 Å². The average molecular weight is 341 g/mol. The van der Waals surface area contributed by atoms with Crippen molar-refractivity contribution in [3.8, 4) is 0 Å². The maximum absolute atomic E-state index is 12.5. The molecule has 1 aromatic carbocycles. The molecule has 0 aliphatic carbocycles. The van der Waals surface area contributed by atoms with E-state index in [1.165, 1.54) is 28.6 Å². The summed E-state index contributed by atoms with van der Waals surface area (Å²) in [6.45, 7) is 4.76. The highest BCUT2D eigenvalue weighted by Crippen LogP contribution is 2.21. The minimum Gasteiger partial charge on any atom is -0.340 e. The summed E-state index contributed by atoms with van der Waals surface area (Å²) < 4.78 is 26.4. The van der Waals surface area contributed by atoms with Gasteiger partial charge in [0.15, 0.2) is 0 Å². The topological polar surface area (TPSA) is 101 Å². The van der Waals surface area contributed by atoms with Crippen LogP contribution < -0.4 is 0 Å². The van der Waals surface area contributed by atoms with Crippen LogP contribution in [0.4, 0.5) is 5.69 Å². The van der Waals surface area contributed by atoms with Gasteiger partial charge in [0.05, 0.1) is 9.82 Å². The number of sulfonamides is 1. The van der Waals surface area contributed by atoms with Crippen molar-refractivity contribution in [2.24, 2.45) is 5.92 Å². The molecule has 1 aliphatic heterocycles. The Morgan fingerprint density at radius 3 is 2.09 bits per heavy atom. The van der Waals surface area contributed by atoms with E-state index in [0.29, 0.717) is 13.1 Å². The Morgan fingerprint density at radius 2 is 1.65 bits per heavy atom. The van der Waals surface area contributed by atoms with Crippen molar-refractivity contribution in [2.45, 2.75) is 18.7 Å². The van der Waals surface area contributed by atoms with Gasteiger partial charge in [0, 0.05) is 44.2 Å². The van der Waals surface area contributed by atoms with E-state index in [1.807, 2.05) is 13.8 Å². The average Bonchev–Trinajstić information content (AvgIpc) is 2.54. The lowest BCUT2D eigenvalue weighted by Gasteiger charge is -2.34. The minimum absolute atomic E-state index is 0.0115. The molecule has 0 spiro atoms. The van der Waals surface area contributed by atoms with Crippen LogP contribution in [-0.4, -0.2) is 54.6 Å². The molecule has 126 valence electrons. The minimum atomic E-state index is -3.70. The van der Waals surface area contributed by atoms with Gasteiger partial charge in [-0.05, 0) is 12.1 Å². The summed E-state index contributed by atoms with van der Waals surface area (Å²) in [6, 6.07) is 4.81. The number of amides is 1. The molecule has 1 fully saturated rings. The van der Waals surface area contributed by atoms with Gasteiger partial charge in [-0.25, -0.2) is 8.42 Å². The number of nitro groups is 1. The number of nitro benzene ring substituents is 1. The number of hydrogen-bond donors (Lipinski definition) is 0. The summed E-state index contributed by atoms with van der Waals surface area (Å²) in [6.07, 6.45) is 0. The van der Waals surface area contributed by atoms with Crippen molar-refractivity contribution in [1.29, 1.82) is 0 Å². The van der Waals surface area contributed by atoms with Crippen LogP contribution in [0.3, 0.4) is 0 Å². The first kappa shape index (κ1) is 17.4. The number of hydrogen-bond acceptors (Lipinski definition) is 5. The summed E-state index contributed by atoms with van der Waals surface area (Å²) in [4.78, 5) is 23.6. The number of piperazine rings is 1. The van der Waals surface area contributed by atoms with Gasteiger partial charge >= 0.3 is 0 Å². The predicted octanol–water partition coefficient (Wildman–Crippen LogP) is 1.08. The van der Waals surface area contributed by atoms with Gasteiger partial charge in [-0.3, -0.25) is 14.9 Å². The van der Waals surface area contributed by atoms with E-state index in [-0.39, 0.29) is 35.5 Å². The number of carbonyl (C=O) groups excluding carboxylic acids is 1. The second-order valence-electron chi connectivity index (χ2n) is 5.64. The zero-order chi connectivity index (χ0) is 17.2. The number of benzene rings is 1. The van der Waals surface area contributed by atoms with Crippen LogP contribution in [0.15, 0.2) is 29.2 Å². The number of carbonyl (C=O) groups is 1. The van der Waals surface area contributed by atoms with Crippen LogP contribution in [-0.2, 0) is 14.8 Å². The Labute approximate surface area is 134 Å². The zero-order valence-corrected chi connectivity index (χ0v) is 13.8. The number of nitrogens with zero attached hydrogens (tertiary/aromatic N) is 3. The van der Waals surface area contributed by atoms with E-state index < -0.39 is 14.9 Å². The third kappa shape index (κ3) is 3.67. The molecule has 2 rings (SSSR count). The van der Waals surface area contributed by atoms with Gasteiger partial charge in [0.1, 0.15) is 0 Å². The lowest BCUT2D eigenvalue weighted by Crippen LogP contribution is -2.51. The molecule has 0 atom stereocenters. The van der Waals surface area contributed by atoms with Gasteiger partial charge in [-0.2, -0.15) is 4.31 Å². The van der Waals surface area contributed by atoms with E-state index >= 15 is 0 Å². The Morgan fingerprint density at radius 1 is 1.13 bits per heavy atom. The van der Waals surface area contributed by atoms with Crippen LogP contribution in [0, 0.1) is 16.0 Å². The monoisotopic (exact) mass is 341 g/mol. The van der Waals surface area contributed by atoms with Gasteiger partial charge in [0.25, 0.3) is 5.69 Å². The zero-order valence-electron chi connectivity index (χ0n) is 13.0. The fraction of sp³-hybridized carbons (Fsp3) is 0.500. The summed E-state index contributed by atoms with van der Waals surface area (Å²) in [5, 5.41) is 10.6. The quantitative estimate of drug-likeness (QED) is 0.602. The first-order valence-electron chi connectivity index (χ1n) is 7.27. The van der Waals surface area contributed by atoms with Crippen molar-refractivity contribution in [1.82, 2.24) is 9.21 Å². The molecule has 1 amide bonds. The predicted molar refractivity (Wildman–Crippen MR) is 83.3 cm³/mol. The first-order valence-corrected chi connectivity index (χ1v) is 8.71. The molecule has 1 heterocycles. The van der Waals surface area contributed by atoms with Crippen LogP contribution in [0.25, 0.3) is 0 Å². The molecule has 1 aromatic rings. The van der Waals surface area contributed by atoms with E-state index in [0.717, 1.165) is 0 Å². The highest BCUT2D eigenvalue weighted by atomic mass is 32.2. The molecular weight excluding hydrogens is 322 g/mol. The third-order valence-electron chi connectivity index (χ3n) is 3.73. The van der Waals surface area contributed by atoms with Gasteiger partial charge < -0.3 is 4.90 Å². The van der Waals surface area contributed by atoms with Crippen LogP contribution in [0.5, 0.6) is 0 Å². The van der Waals surface area contributed by atoms with E-state index in [2.05, 4.69) is 0 Å². The normalized spacial score (nSPS) is 16.6. The molecule has 0 unspecified atom stereocenters. The van der Waals surface area contributed by atoms with Crippen LogP contribution >= 0.6 is 0 Å². The molecule has 0 radical (unpaired) electrons. The molecule has 1 aliphatic rings. The largest absolute Gasteiger partial charge is 0.340 e. The van der Waals surface area contributed by atoms with Crippen LogP contribution in [0.2, 0.25) is 0 Å². The third-order valence-corrected chi connectivity index (χ3v) is 5.64. The number of non-ortho nitro benzene ring substituents is 1. The van der Waals surface area contributed by atoms with Crippen molar-refractivity contribution >= 4 is 21.6 Å². The molecule has 0 saturated carbocycles. The molecule has 1 saturated heterocycles. The lowest BCUT2D eigenvalue weighted by atomic mass is 10.2. The second-order valence-corrected chi connectivity index (χ2v) is 7.57. The SMILES string of the molecule is CC(C)C(=O)N1CCN(S(=O)(=O)c2ccc([N+](=O)[O-])cc2)CC1. The molecule has 23 heavy (non-hydrogen) atoms. The molecule has 0 aromatic heterocycles. The smallest absolute Gasteiger partial charge is 0.269 e. The highest BCUT2D eigenvalue weighted by Gasteiger charge is 2.30. The molecule has 9 heteroatoms. The maximum Gasteiger partial charge on any atom is 0.269 e. The Balaban J connectivity index is 2.10. The summed E-state index contributed by atoms with van der Waals surface area (Å²) in [5.41, 5.74) is -0.156. The summed E-state index contributed by atoms with van der Waals surface area (Å²) >= 11 is 0. The standard InChI is InChI=1S/C14H19N3O5S/c1-11(2)14(18)15-7-9-16(10-8-15)23(21,22)13-5-3-12(4-6-13)17(19)20/h3-6,11H,7-10H2,1-2H3. The lowest BCUT2D eigenvalue weighted by molar-refractivity contribution is -0.384. The van der Waals surface area contributed by atoms with E-state index in [9.17, 15) is 23.3 Å². The molecule has 0 N–H and O–H groups in total. The van der Waals surface area contributed by atoms with Crippen molar-refractivity contribution in [3.05, 3.63) is 34.4 Å². The van der Waals surface area contributed by atoms with Crippen molar-refractivity contribution in [3.63, 3.8) is 0 Å². The Bertz CT molecular complexity index is 692. The highest BCUT2D eigenvalue weighted by molar-refractivity contribution is 7.89. The van der Waals surface area contributed by atoms with Crippen molar-refractivity contribution in [2.75, 3.05) is 26.2 Å². The summed E-state index contributed by atoms with van der Waals surface area (Å²) in [7, 11) is -3.70. The Hall–Kier alpha value is -2.00. The van der Waals surface area contributed by atoms with Crippen LogP contribution in [0.1, 0.15) is 13.8 Å². The Kier molecular flexibility index (Phi) is 5.00. The van der Waals surface area contributed by atoms with Gasteiger partial charge in [-0.15, -0.1) is 0 Å². The van der Waals surface area contributed by atoms with E-state index in [1.54, 1.807) is 4.90 Å². The van der Waals surface area contributed by atoms with Gasteiger partial charge in [-0.1, -0.05) is 13.8 Å². The second kappa shape index (κ2) is 6.63. The molecule has 8 nitrogen and oxygen atoms in total.